The lowest BCUT2D eigenvalue weighted by molar-refractivity contribution is 0.384. The number of hydrogen-bond acceptors (Lipinski definition) is 1. The quantitative estimate of drug-likeness (QED) is 0.552. The van der Waals surface area contributed by atoms with E-state index in [1.54, 1.807) is 0 Å². The molecule has 0 aromatic rings. The molecule has 0 heterocycles. The molecule has 3 nitrogen and oxygen atoms in total. The van der Waals surface area contributed by atoms with Gasteiger partial charge in [0.1, 0.15) is 0 Å². The van der Waals surface area contributed by atoms with Gasteiger partial charge in [0.2, 0.25) is 0 Å². The van der Waals surface area contributed by atoms with Gasteiger partial charge in [-0.25, -0.2) is 0 Å². The van der Waals surface area contributed by atoms with E-state index in [4.69, 9.17) is 5.73 Å². The van der Waals surface area contributed by atoms with Crippen LogP contribution >= 0.6 is 0 Å². The van der Waals surface area contributed by atoms with Gasteiger partial charge >= 0.3 is 0 Å². The zero-order valence-electron chi connectivity index (χ0n) is 9.50. The van der Waals surface area contributed by atoms with Crippen molar-refractivity contribution in [3.05, 3.63) is 0 Å². The van der Waals surface area contributed by atoms with Crippen LogP contribution in [0.1, 0.15) is 39.0 Å². The molecule has 1 fully saturated rings. The van der Waals surface area contributed by atoms with E-state index >= 15 is 0 Å². The molecular weight excluding hydrogens is 174 g/mol. The Bertz CT molecular complexity index is 183. The summed E-state index contributed by atoms with van der Waals surface area (Å²) in [6.45, 7) is 4.05. The van der Waals surface area contributed by atoms with E-state index in [1.807, 2.05) is 7.05 Å². The van der Waals surface area contributed by atoms with Crippen LogP contribution in [-0.2, 0) is 0 Å². The van der Waals surface area contributed by atoms with Crippen molar-refractivity contribution in [3.63, 3.8) is 0 Å². The predicted molar refractivity (Wildman–Crippen MR) is 61.4 cm³/mol. The molecule has 0 spiro atoms. The van der Waals surface area contributed by atoms with E-state index in [-0.39, 0.29) is 0 Å². The molecule has 82 valence electrons. The molecule has 2 N–H and O–H groups in total. The van der Waals surface area contributed by atoms with Gasteiger partial charge in [0.05, 0.1) is 0 Å². The third-order valence-electron chi connectivity index (χ3n) is 2.90. The lowest BCUT2D eigenvalue weighted by Crippen LogP contribution is -2.37. The fourth-order valence-corrected chi connectivity index (χ4v) is 2.02. The molecule has 14 heavy (non-hydrogen) atoms. The molecule has 0 aromatic heterocycles. The van der Waals surface area contributed by atoms with Gasteiger partial charge in [0, 0.05) is 20.1 Å². The van der Waals surface area contributed by atoms with E-state index in [0.29, 0.717) is 5.96 Å². The molecule has 0 aromatic carbocycles. The number of aliphatic imine (C=N–C) groups is 1. The van der Waals surface area contributed by atoms with Crippen LogP contribution in [0.3, 0.4) is 0 Å². The maximum Gasteiger partial charge on any atom is 0.190 e. The summed E-state index contributed by atoms with van der Waals surface area (Å²) in [5.74, 6) is 1.55. The molecule has 0 unspecified atom stereocenters. The van der Waals surface area contributed by atoms with Crippen molar-refractivity contribution in [2.75, 3.05) is 20.1 Å². The summed E-state index contributed by atoms with van der Waals surface area (Å²) in [7, 11) is 2.05. The molecule has 0 amide bonds. The summed E-state index contributed by atoms with van der Waals surface area (Å²) in [5, 5.41) is 0. The minimum Gasteiger partial charge on any atom is -0.370 e. The van der Waals surface area contributed by atoms with Crippen LogP contribution in [0.4, 0.5) is 0 Å². The van der Waals surface area contributed by atoms with Crippen molar-refractivity contribution in [2.24, 2.45) is 16.6 Å². The van der Waals surface area contributed by atoms with Gasteiger partial charge in [0.25, 0.3) is 0 Å². The summed E-state index contributed by atoms with van der Waals surface area (Å²) in [6, 6.07) is 0. The monoisotopic (exact) mass is 197 g/mol. The molecule has 0 aliphatic heterocycles. The Morgan fingerprint density at radius 3 is 2.64 bits per heavy atom. The van der Waals surface area contributed by atoms with Gasteiger partial charge in [0.15, 0.2) is 5.96 Å². The van der Waals surface area contributed by atoms with Gasteiger partial charge in [-0.1, -0.05) is 19.8 Å². The standard InChI is InChI=1S/C11H23N3/c1-3-8-13-11(12)14(2)9-10-6-4-5-7-10/h10H,3-9H2,1-2H3,(H2,12,13). The Hall–Kier alpha value is -0.730. The van der Waals surface area contributed by atoms with Gasteiger partial charge in [-0.2, -0.15) is 0 Å². The van der Waals surface area contributed by atoms with Crippen molar-refractivity contribution in [2.45, 2.75) is 39.0 Å². The van der Waals surface area contributed by atoms with Gasteiger partial charge in [-0.3, -0.25) is 4.99 Å². The molecule has 0 radical (unpaired) electrons. The maximum atomic E-state index is 5.86. The highest BCUT2D eigenvalue weighted by Gasteiger charge is 2.17. The Morgan fingerprint density at radius 2 is 2.07 bits per heavy atom. The van der Waals surface area contributed by atoms with Gasteiger partial charge < -0.3 is 10.6 Å². The first-order valence-corrected chi connectivity index (χ1v) is 5.75. The van der Waals surface area contributed by atoms with Gasteiger partial charge in [-0.15, -0.1) is 0 Å². The van der Waals surface area contributed by atoms with Crippen LogP contribution in [0.2, 0.25) is 0 Å². The van der Waals surface area contributed by atoms with E-state index < -0.39 is 0 Å². The number of rotatable bonds is 4. The van der Waals surface area contributed by atoms with Crippen LogP contribution in [0.5, 0.6) is 0 Å². The van der Waals surface area contributed by atoms with E-state index in [1.165, 1.54) is 25.7 Å². The molecule has 1 aliphatic rings. The minimum absolute atomic E-state index is 0.707. The highest BCUT2D eigenvalue weighted by Crippen LogP contribution is 2.24. The molecule has 0 bridgehead atoms. The largest absolute Gasteiger partial charge is 0.370 e. The first kappa shape index (κ1) is 11.3. The zero-order chi connectivity index (χ0) is 10.4. The summed E-state index contributed by atoms with van der Waals surface area (Å²) in [4.78, 5) is 6.41. The average molecular weight is 197 g/mol. The van der Waals surface area contributed by atoms with Crippen molar-refractivity contribution in [1.29, 1.82) is 0 Å². The first-order chi connectivity index (χ1) is 6.74. The fraction of sp³-hybridized carbons (Fsp3) is 0.909. The van der Waals surface area contributed by atoms with E-state index in [2.05, 4.69) is 16.8 Å². The lowest BCUT2D eigenvalue weighted by atomic mass is 10.1. The van der Waals surface area contributed by atoms with Crippen LogP contribution in [-0.4, -0.2) is 31.0 Å². The zero-order valence-corrected chi connectivity index (χ0v) is 9.50. The topological polar surface area (TPSA) is 41.6 Å². The molecule has 0 atom stereocenters. The van der Waals surface area contributed by atoms with Crippen molar-refractivity contribution >= 4 is 5.96 Å². The first-order valence-electron chi connectivity index (χ1n) is 5.75. The van der Waals surface area contributed by atoms with E-state index in [9.17, 15) is 0 Å². The molecule has 1 rings (SSSR count). The molecule has 1 aliphatic carbocycles. The molecular formula is C11H23N3. The summed E-state index contributed by atoms with van der Waals surface area (Å²) < 4.78 is 0. The van der Waals surface area contributed by atoms with Crippen LogP contribution < -0.4 is 5.73 Å². The Kier molecular flexibility index (Phi) is 4.77. The number of guanidine groups is 1. The predicted octanol–water partition coefficient (Wildman–Crippen LogP) is 1.83. The normalized spacial score (nSPS) is 18.9. The van der Waals surface area contributed by atoms with Crippen LogP contribution in [0.25, 0.3) is 0 Å². The lowest BCUT2D eigenvalue weighted by Gasteiger charge is -2.21. The fourth-order valence-electron chi connectivity index (χ4n) is 2.02. The Balaban J connectivity index is 2.28. The molecule has 1 saturated carbocycles. The highest BCUT2D eigenvalue weighted by molar-refractivity contribution is 5.77. The second kappa shape index (κ2) is 5.89. The summed E-state index contributed by atoms with van der Waals surface area (Å²) in [5.41, 5.74) is 5.86. The van der Waals surface area contributed by atoms with Crippen LogP contribution in [0.15, 0.2) is 4.99 Å². The third-order valence-corrected chi connectivity index (χ3v) is 2.90. The van der Waals surface area contributed by atoms with Crippen molar-refractivity contribution in [3.8, 4) is 0 Å². The maximum absolute atomic E-state index is 5.86. The molecule has 3 heteroatoms. The number of hydrogen-bond donors (Lipinski definition) is 1. The van der Waals surface area contributed by atoms with Gasteiger partial charge in [-0.05, 0) is 25.2 Å². The SMILES string of the molecule is CCCN=C(N)N(C)CC1CCCC1. The van der Waals surface area contributed by atoms with E-state index in [0.717, 1.165) is 25.4 Å². The smallest absolute Gasteiger partial charge is 0.190 e. The van der Waals surface area contributed by atoms with Crippen molar-refractivity contribution < 1.29 is 0 Å². The van der Waals surface area contributed by atoms with Crippen molar-refractivity contribution in [1.82, 2.24) is 4.90 Å². The summed E-state index contributed by atoms with van der Waals surface area (Å²) >= 11 is 0. The average Bonchev–Trinajstić information content (AvgIpc) is 2.66. The summed E-state index contributed by atoms with van der Waals surface area (Å²) in [6.07, 6.45) is 6.59. The second-order valence-corrected chi connectivity index (χ2v) is 4.27. The highest BCUT2D eigenvalue weighted by atomic mass is 15.2. The number of nitrogens with zero attached hydrogens (tertiary/aromatic N) is 2. The Labute approximate surface area is 87.4 Å². The molecule has 0 saturated heterocycles. The number of nitrogens with two attached hydrogens (primary N) is 1. The second-order valence-electron chi connectivity index (χ2n) is 4.27. The third kappa shape index (κ3) is 3.56. The minimum atomic E-state index is 0.707. The Morgan fingerprint density at radius 1 is 1.43 bits per heavy atom. The van der Waals surface area contributed by atoms with Crippen LogP contribution in [0, 0.1) is 5.92 Å².